The number of H-pyrrole nitrogens is 1. The maximum Gasteiger partial charge on any atom is 0.277 e. The van der Waals surface area contributed by atoms with Gasteiger partial charge in [0.25, 0.3) is 5.91 Å². The van der Waals surface area contributed by atoms with E-state index in [-0.39, 0.29) is 11.6 Å². The Labute approximate surface area is 122 Å². The van der Waals surface area contributed by atoms with Crippen LogP contribution in [0.1, 0.15) is 16.1 Å². The standard InChI is InChI=1S/C14H17N5O2/c20-14(13-9-15-18-17-13)16-12-3-1-11(2-4-12)10-19-5-7-21-8-6-19/h1-4,9H,5-8,10H2,(H,16,20)(H,15,17,18). The molecule has 1 aliphatic rings. The van der Waals surface area contributed by atoms with Crippen LogP contribution in [0.3, 0.4) is 0 Å². The van der Waals surface area contributed by atoms with E-state index in [1.54, 1.807) is 0 Å². The van der Waals surface area contributed by atoms with E-state index in [1.807, 2.05) is 24.3 Å². The van der Waals surface area contributed by atoms with Gasteiger partial charge in [0.2, 0.25) is 0 Å². The Bertz CT molecular complexity index is 576. The van der Waals surface area contributed by atoms with Crippen molar-refractivity contribution in [1.29, 1.82) is 0 Å². The van der Waals surface area contributed by atoms with Gasteiger partial charge < -0.3 is 10.1 Å². The summed E-state index contributed by atoms with van der Waals surface area (Å²) in [6.07, 6.45) is 1.39. The number of ether oxygens (including phenoxy) is 1. The van der Waals surface area contributed by atoms with Crippen molar-refractivity contribution in [3.63, 3.8) is 0 Å². The number of benzene rings is 1. The SMILES string of the molecule is O=C(Nc1ccc(CN2CCOCC2)cc1)c1cn[nH]n1. The molecule has 0 aliphatic carbocycles. The highest BCUT2D eigenvalue weighted by molar-refractivity contribution is 6.02. The van der Waals surface area contributed by atoms with Gasteiger partial charge in [-0.15, -0.1) is 0 Å². The van der Waals surface area contributed by atoms with Crippen molar-refractivity contribution >= 4 is 11.6 Å². The molecule has 1 amide bonds. The minimum Gasteiger partial charge on any atom is -0.379 e. The molecule has 1 fully saturated rings. The summed E-state index contributed by atoms with van der Waals surface area (Å²) in [6, 6.07) is 7.84. The zero-order valence-corrected chi connectivity index (χ0v) is 11.6. The monoisotopic (exact) mass is 287 g/mol. The molecule has 1 aliphatic heterocycles. The molecule has 2 heterocycles. The molecule has 0 atom stereocenters. The summed E-state index contributed by atoms with van der Waals surface area (Å²) in [6.45, 7) is 4.42. The van der Waals surface area contributed by atoms with Gasteiger partial charge in [0.05, 0.1) is 19.4 Å². The third kappa shape index (κ3) is 3.65. The molecular weight excluding hydrogens is 270 g/mol. The number of amides is 1. The van der Waals surface area contributed by atoms with Crippen molar-refractivity contribution in [3.05, 3.63) is 41.7 Å². The molecule has 0 saturated carbocycles. The highest BCUT2D eigenvalue weighted by Gasteiger charge is 2.11. The largest absolute Gasteiger partial charge is 0.379 e. The van der Waals surface area contributed by atoms with E-state index < -0.39 is 0 Å². The topological polar surface area (TPSA) is 83.1 Å². The second-order valence-corrected chi connectivity index (χ2v) is 4.89. The fourth-order valence-corrected chi connectivity index (χ4v) is 2.22. The summed E-state index contributed by atoms with van der Waals surface area (Å²) in [5, 5.41) is 12.5. The lowest BCUT2D eigenvalue weighted by Gasteiger charge is -2.26. The van der Waals surface area contributed by atoms with Crippen molar-refractivity contribution < 1.29 is 9.53 Å². The molecule has 21 heavy (non-hydrogen) atoms. The molecule has 7 nitrogen and oxygen atoms in total. The van der Waals surface area contributed by atoms with Crippen LogP contribution in [0.25, 0.3) is 0 Å². The van der Waals surface area contributed by atoms with Crippen molar-refractivity contribution in [2.75, 3.05) is 31.6 Å². The molecule has 1 saturated heterocycles. The highest BCUT2D eigenvalue weighted by atomic mass is 16.5. The second kappa shape index (κ2) is 6.47. The number of aromatic nitrogens is 3. The first-order chi connectivity index (χ1) is 10.3. The van der Waals surface area contributed by atoms with Crippen LogP contribution in [0.15, 0.2) is 30.5 Å². The summed E-state index contributed by atoms with van der Waals surface area (Å²) >= 11 is 0. The first kappa shape index (κ1) is 13.7. The fraction of sp³-hybridized carbons (Fsp3) is 0.357. The predicted molar refractivity (Wildman–Crippen MR) is 76.9 cm³/mol. The Hall–Kier alpha value is -2.25. The average Bonchev–Trinajstić information content (AvgIpc) is 3.05. The maximum absolute atomic E-state index is 11.8. The van der Waals surface area contributed by atoms with Gasteiger partial charge in [-0.25, -0.2) is 0 Å². The molecule has 2 N–H and O–H groups in total. The summed E-state index contributed by atoms with van der Waals surface area (Å²) in [4.78, 5) is 14.2. The van der Waals surface area contributed by atoms with Gasteiger partial charge in [0.1, 0.15) is 0 Å². The number of morpholine rings is 1. The Balaban J connectivity index is 1.57. The fourth-order valence-electron chi connectivity index (χ4n) is 2.22. The van der Waals surface area contributed by atoms with Crippen LogP contribution in [0, 0.1) is 0 Å². The Morgan fingerprint density at radius 2 is 2.05 bits per heavy atom. The zero-order chi connectivity index (χ0) is 14.5. The van der Waals surface area contributed by atoms with Crippen LogP contribution in [0.4, 0.5) is 5.69 Å². The van der Waals surface area contributed by atoms with Crippen LogP contribution in [-0.4, -0.2) is 52.5 Å². The Kier molecular flexibility index (Phi) is 4.23. The number of carbonyl (C=O) groups excluding carboxylic acids is 1. The van der Waals surface area contributed by atoms with Gasteiger partial charge in [-0.05, 0) is 17.7 Å². The number of anilines is 1. The minimum absolute atomic E-state index is 0.271. The normalized spacial score (nSPS) is 15.8. The van der Waals surface area contributed by atoms with Gasteiger partial charge in [-0.2, -0.15) is 15.4 Å². The summed E-state index contributed by atoms with van der Waals surface area (Å²) in [5.74, 6) is -0.273. The van der Waals surface area contributed by atoms with Crippen molar-refractivity contribution in [2.24, 2.45) is 0 Å². The van der Waals surface area contributed by atoms with Crippen LogP contribution >= 0.6 is 0 Å². The number of carbonyl (C=O) groups is 1. The first-order valence-electron chi connectivity index (χ1n) is 6.87. The van der Waals surface area contributed by atoms with Crippen LogP contribution in [0.2, 0.25) is 0 Å². The number of aromatic amines is 1. The minimum atomic E-state index is -0.273. The molecule has 3 rings (SSSR count). The first-order valence-corrected chi connectivity index (χ1v) is 6.87. The van der Waals surface area contributed by atoms with E-state index in [4.69, 9.17) is 4.74 Å². The average molecular weight is 287 g/mol. The molecule has 110 valence electrons. The number of hydrogen-bond donors (Lipinski definition) is 2. The van der Waals surface area contributed by atoms with Crippen LogP contribution in [-0.2, 0) is 11.3 Å². The van der Waals surface area contributed by atoms with Gasteiger partial charge in [-0.1, -0.05) is 12.1 Å². The molecule has 1 aromatic heterocycles. The van der Waals surface area contributed by atoms with E-state index >= 15 is 0 Å². The number of rotatable bonds is 4. The van der Waals surface area contributed by atoms with Gasteiger partial charge >= 0.3 is 0 Å². The predicted octanol–water partition coefficient (Wildman–Crippen LogP) is 0.889. The molecule has 7 heteroatoms. The van der Waals surface area contributed by atoms with Crippen molar-refractivity contribution in [2.45, 2.75) is 6.54 Å². The van der Waals surface area contributed by atoms with Gasteiger partial charge in [0, 0.05) is 25.3 Å². The second-order valence-electron chi connectivity index (χ2n) is 4.89. The lowest BCUT2D eigenvalue weighted by molar-refractivity contribution is 0.0342. The lowest BCUT2D eigenvalue weighted by Crippen LogP contribution is -2.35. The Morgan fingerprint density at radius 1 is 1.29 bits per heavy atom. The number of nitrogens with one attached hydrogen (secondary N) is 2. The third-order valence-corrected chi connectivity index (χ3v) is 3.37. The summed E-state index contributed by atoms with van der Waals surface area (Å²) < 4.78 is 5.33. The molecule has 0 radical (unpaired) electrons. The van der Waals surface area contributed by atoms with Gasteiger partial charge in [-0.3, -0.25) is 9.69 Å². The highest BCUT2D eigenvalue weighted by Crippen LogP contribution is 2.13. The molecular formula is C14H17N5O2. The molecule has 0 unspecified atom stereocenters. The number of nitrogens with zero attached hydrogens (tertiary/aromatic N) is 3. The van der Waals surface area contributed by atoms with E-state index in [0.717, 1.165) is 38.5 Å². The van der Waals surface area contributed by atoms with Crippen molar-refractivity contribution in [1.82, 2.24) is 20.3 Å². The van der Waals surface area contributed by atoms with Gasteiger partial charge in [0.15, 0.2) is 5.69 Å². The van der Waals surface area contributed by atoms with E-state index in [0.29, 0.717) is 0 Å². The molecule has 0 spiro atoms. The quantitative estimate of drug-likeness (QED) is 0.872. The summed E-state index contributed by atoms with van der Waals surface area (Å²) in [5.41, 5.74) is 2.23. The number of hydrogen-bond acceptors (Lipinski definition) is 5. The van der Waals surface area contributed by atoms with E-state index in [2.05, 4.69) is 25.6 Å². The van der Waals surface area contributed by atoms with E-state index in [9.17, 15) is 4.79 Å². The lowest BCUT2D eigenvalue weighted by atomic mass is 10.2. The van der Waals surface area contributed by atoms with Crippen molar-refractivity contribution in [3.8, 4) is 0 Å². The van der Waals surface area contributed by atoms with E-state index in [1.165, 1.54) is 11.8 Å². The third-order valence-electron chi connectivity index (χ3n) is 3.37. The molecule has 0 bridgehead atoms. The van der Waals surface area contributed by atoms with Crippen LogP contribution < -0.4 is 5.32 Å². The summed E-state index contributed by atoms with van der Waals surface area (Å²) in [7, 11) is 0. The maximum atomic E-state index is 11.8. The molecule has 1 aromatic carbocycles. The molecule has 2 aromatic rings. The zero-order valence-electron chi connectivity index (χ0n) is 11.6. The smallest absolute Gasteiger partial charge is 0.277 e. The Morgan fingerprint density at radius 3 is 2.71 bits per heavy atom. The van der Waals surface area contributed by atoms with Crippen LogP contribution in [0.5, 0.6) is 0 Å².